The monoisotopic (exact) mass is 548 g/mol. The van der Waals surface area contributed by atoms with Crippen molar-refractivity contribution in [2.75, 3.05) is 16.8 Å². The highest BCUT2D eigenvalue weighted by Gasteiger charge is 2.29. The van der Waals surface area contributed by atoms with Gasteiger partial charge in [-0.25, -0.2) is 4.79 Å². The number of aromatic nitrogens is 2. The van der Waals surface area contributed by atoms with E-state index in [1.54, 1.807) is 6.92 Å². The zero-order chi connectivity index (χ0) is 28.3. The van der Waals surface area contributed by atoms with Gasteiger partial charge in [0.25, 0.3) is 5.56 Å². The van der Waals surface area contributed by atoms with Gasteiger partial charge in [0.05, 0.1) is 18.2 Å². The number of esters is 1. The molecule has 2 N–H and O–H groups in total. The molecule has 1 atom stereocenters. The average molecular weight is 549 g/mol. The number of aromatic amines is 1. The van der Waals surface area contributed by atoms with E-state index in [9.17, 15) is 14.4 Å². The molecular formula is C30H36N4O4S. The Morgan fingerprint density at radius 3 is 2.59 bits per heavy atom. The van der Waals surface area contributed by atoms with Gasteiger partial charge in [-0.1, -0.05) is 51.1 Å². The Balaban J connectivity index is 1.66. The molecule has 0 spiro atoms. The van der Waals surface area contributed by atoms with Gasteiger partial charge < -0.3 is 9.64 Å². The van der Waals surface area contributed by atoms with Gasteiger partial charge in [-0.05, 0) is 56.4 Å². The molecule has 1 aliphatic heterocycles. The molecule has 0 saturated carbocycles. The van der Waals surface area contributed by atoms with E-state index < -0.39 is 5.41 Å². The van der Waals surface area contributed by atoms with Crippen molar-refractivity contribution in [3.05, 3.63) is 85.0 Å². The third-order valence-electron chi connectivity index (χ3n) is 6.75. The highest BCUT2D eigenvalue weighted by atomic mass is 32.1. The largest absolute Gasteiger partial charge is 0.462 e. The van der Waals surface area contributed by atoms with E-state index in [-0.39, 0.29) is 29.4 Å². The number of carbonyl (C=O) groups is 2. The van der Waals surface area contributed by atoms with Gasteiger partial charge in [0.2, 0.25) is 11.9 Å². The number of H-pyrrole nitrogens is 1. The summed E-state index contributed by atoms with van der Waals surface area (Å²) in [6.07, 6.45) is 4.01. The van der Waals surface area contributed by atoms with Crippen molar-refractivity contribution in [2.45, 2.75) is 66.8 Å². The van der Waals surface area contributed by atoms with E-state index in [2.05, 4.69) is 23.4 Å². The fourth-order valence-corrected chi connectivity index (χ4v) is 5.50. The van der Waals surface area contributed by atoms with E-state index in [0.717, 1.165) is 34.4 Å². The summed E-state index contributed by atoms with van der Waals surface area (Å²) in [4.78, 5) is 49.3. The minimum absolute atomic E-state index is 0.0976. The number of anilines is 2. The SMILES string of the molecule is CCOC(=O)c1cc(C)c(CCC2=CN([C@H](C)c3ccccc3)c3nc(NC(=O)C(C)(C)C)[nH]c(=O)c3C2)s1. The number of thiophene rings is 1. The van der Waals surface area contributed by atoms with Crippen LogP contribution >= 0.6 is 11.3 Å². The molecular weight excluding hydrogens is 512 g/mol. The second-order valence-corrected chi connectivity index (χ2v) is 12.0. The zero-order valence-corrected chi connectivity index (χ0v) is 24.2. The summed E-state index contributed by atoms with van der Waals surface area (Å²) in [6.45, 7) is 11.6. The molecule has 39 heavy (non-hydrogen) atoms. The summed E-state index contributed by atoms with van der Waals surface area (Å²) in [7, 11) is 0. The molecule has 9 heteroatoms. The number of nitrogens with zero attached hydrogens (tertiary/aromatic N) is 2. The summed E-state index contributed by atoms with van der Waals surface area (Å²) >= 11 is 1.46. The van der Waals surface area contributed by atoms with E-state index in [0.29, 0.717) is 29.3 Å². The van der Waals surface area contributed by atoms with Crippen LogP contribution in [0.1, 0.15) is 78.3 Å². The summed E-state index contributed by atoms with van der Waals surface area (Å²) in [5.74, 6) is 0.160. The number of ether oxygens (including phenoxy) is 1. The van der Waals surface area contributed by atoms with E-state index in [4.69, 9.17) is 9.72 Å². The molecule has 0 unspecified atom stereocenters. The smallest absolute Gasteiger partial charge is 0.348 e. The first kappa shape index (κ1) is 28.3. The standard InChI is InChI=1S/C30H36N4O4S/c1-7-38-27(36)24-15-18(2)23(39-24)14-13-20-16-22-25(34(17-20)19(3)21-11-9-8-10-12-21)31-29(32-26(22)35)33-28(37)30(4,5)6/h8-12,15,17,19H,7,13-14,16H2,1-6H3,(H2,31,32,33,35,37)/t19-/m1/s1. The van der Waals surface area contributed by atoms with Gasteiger partial charge in [-0.2, -0.15) is 4.98 Å². The van der Waals surface area contributed by atoms with Crippen molar-refractivity contribution in [1.29, 1.82) is 0 Å². The van der Waals surface area contributed by atoms with Crippen molar-refractivity contribution in [3.63, 3.8) is 0 Å². The maximum Gasteiger partial charge on any atom is 0.348 e. The summed E-state index contributed by atoms with van der Waals surface area (Å²) in [5, 5.41) is 2.77. The van der Waals surface area contributed by atoms with Crippen molar-refractivity contribution < 1.29 is 14.3 Å². The van der Waals surface area contributed by atoms with Crippen LogP contribution < -0.4 is 15.8 Å². The predicted octanol–water partition coefficient (Wildman–Crippen LogP) is 5.94. The Kier molecular flexibility index (Phi) is 8.39. The zero-order valence-electron chi connectivity index (χ0n) is 23.4. The number of amides is 1. The molecule has 3 aromatic rings. The minimum Gasteiger partial charge on any atom is -0.462 e. The fraction of sp³-hybridized carbons (Fsp3) is 0.400. The van der Waals surface area contributed by atoms with Crippen molar-refractivity contribution in [2.24, 2.45) is 5.41 Å². The first-order valence-corrected chi connectivity index (χ1v) is 14.0. The maximum absolute atomic E-state index is 13.3. The van der Waals surface area contributed by atoms with E-state index in [1.807, 2.05) is 69.0 Å². The summed E-state index contributed by atoms with van der Waals surface area (Å²) in [6, 6.07) is 11.8. The van der Waals surface area contributed by atoms with Crippen LogP contribution in [0, 0.1) is 12.3 Å². The number of allylic oxidation sites excluding steroid dienone is 1. The van der Waals surface area contributed by atoms with Crippen molar-refractivity contribution >= 4 is 35.0 Å². The lowest BCUT2D eigenvalue weighted by Gasteiger charge is -2.33. The Morgan fingerprint density at radius 2 is 1.92 bits per heavy atom. The van der Waals surface area contributed by atoms with Crippen LogP contribution in [0.15, 0.2) is 53.0 Å². The molecule has 0 fully saturated rings. The highest BCUT2D eigenvalue weighted by Crippen LogP contribution is 2.35. The van der Waals surface area contributed by atoms with Crippen LogP contribution in [-0.2, 0) is 22.4 Å². The lowest BCUT2D eigenvalue weighted by Crippen LogP contribution is -2.34. The molecule has 206 valence electrons. The molecule has 1 aliphatic rings. The number of aryl methyl sites for hydroxylation is 2. The topological polar surface area (TPSA) is 104 Å². The number of nitrogens with one attached hydrogen (secondary N) is 2. The van der Waals surface area contributed by atoms with Gasteiger partial charge in [-0.3, -0.25) is 19.9 Å². The van der Waals surface area contributed by atoms with Gasteiger partial charge in [0.1, 0.15) is 10.7 Å². The Hall–Kier alpha value is -3.72. The maximum atomic E-state index is 13.3. The van der Waals surface area contributed by atoms with Crippen LogP contribution in [0.3, 0.4) is 0 Å². The molecule has 1 amide bonds. The van der Waals surface area contributed by atoms with Crippen LogP contribution in [0.5, 0.6) is 0 Å². The van der Waals surface area contributed by atoms with Crippen LogP contribution in [0.25, 0.3) is 0 Å². The molecule has 0 saturated heterocycles. The third kappa shape index (κ3) is 6.47. The molecule has 8 nitrogen and oxygen atoms in total. The molecule has 1 aromatic carbocycles. The van der Waals surface area contributed by atoms with Crippen molar-refractivity contribution in [3.8, 4) is 0 Å². The van der Waals surface area contributed by atoms with Gasteiger partial charge in [-0.15, -0.1) is 11.3 Å². The molecule has 3 heterocycles. The lowest BCUT2D eigenvalue weighted by molar-refractivity contribution is -0.123. The van der Waals surface area contributed by atoms with Crippen LogP contribution in [0.4, 0.5) is 11.8 Å². The van der Waals surface area contributed by atoms with Crippen LogP contribution in [0.2, 0.25) is 0 Å². The second kappa shape index (κ2) is 11.6. The number of carbonyl (C=O) groups excluding carboxylic acids is 2. The Bertz CT molecular complexity index is 1450. The molecule has 0 aliphatic carbocycles. The van der Waals surface area contributed by atoms with Crippen LogP contribution in [-0.4, -0.2) is 28.5 Å². The summed E-state index contributed by atoms with van der Waals surface area (Å²) in [5.41, 5.74) is 2.90. The first-order chi connectivity index (χ1) is 18.5. The quantitative estimate of drug-likeness (QED) is 0.338. The third-order valence-corrected chi connectivity index (χ3v) is 8.02. The van der Waals surface area contributed by atoms with Gasteiger partial charge in [0.15, 0.2) is 0 Å². The number of fused-ring (bicyclic) bond motifs is 1. The highest BCUT2D eigenvalue weighted by molar-refractivity contribution is 7.14. The number of benzene rings is 1. The first-order valence-electron chi connectivity index (χ1n) is 13.2. The number of hydrogen-bond acceptors (Lipinski definition) is 7. The normalized spacial score (nSPS) is 13.9. The fourth-order valence-electron chi connectivity index (χ4n) is 4.43. The molecule has 0 radical (unpaired) electrons. The molecule has 4 rings (SSSR count). The minimum atomic E-state index is -0.633. The Morgan fingerprint density at radius 1 is 1.21 bits per heavy atom. The molecule has 0 bridgehead atoms. The average Bonchev–Trinajstić information content (AvgIpc) is 3.27. The van der Waals surface area contributed by atoms with Crippen molar-refractivity contribution in [1.82, 2.24) is 9.97 Å². The van der Waals surface area contributed by atoms with E-state index >= 15 is 0 Å². The lowest BCUT2D eigenvalue weighted by atomic mass is 9.96. The Labute approximate surface area is 233 Å². The second-order valence-electron chi connectivity index (χ2n) is 10.8. The van der Waals surface area contributed by atoms with Gasteiger partial charge >= 0.3 is 5.97 Å². The molecule has 2 aromatic heterocycles. The van der Waals surface area contributed by atoms with Gasteiger partial charge in [0, 0.05) is 22.9 Å². The number of rotatable bonds is 8. The van der Waals surface area contributed by atoms with E-state index in [1.165, 1.54) is 11.3 Å². The predicted molar refractivity (Wildman–Crippen MR) is 155 cm³/mol. The number of hydrogen-bond donors (Lipinski definition) is 2. The summed E-state index contributed by atoms with van der Waals surface area (Å²) < 4.78 is 5.16.